The summed E-state index contributed by atoms with van der Waals surface area (Å²) in [5.74, 6) is 0. The van der Waals surface area contributed by atoms with Crippen LogP contribution >= 0.6 is 0 Å². The average molecular weight is 203 g/mol. The maximum atomic E-state index is 6.27. The van der Waals surface area contributed by atoms with E-state index in [-0.39, 0.29) is 5.54 Å². The van der Waals surface area contributed by atoms with Gasteiger partial charge < -0.3 is 10.6 Å². The van der Waals surface area contributed by atoms with E-state index >= 15 is 0 Å². The summed E-state index contributed by atoms with van der Waals surface area (Å²) in [7, 11) is 2.16. The number of nitrogens with two attached hydrogens (primary N) is 1. The molecule has 15 heavy (non-hydrogen) atoms. The molecule has 1 aliphatic carbocycles. The molecule has 3 rings (SSSR count). The van der Waals surface area contributed by atoms with E-state index in [9.17, 15) is 0 Å². The highest BCUT2D eigenvalue weighted by molar-refractivity contribution is 5.41. The third-order valence-corrected chi connectivity index (χ3v) is 3.66. The number of fused-ring (bicyclic) bond motifs is 1. The van der Waals surface area contributed by atoms with Crippen LogP contribution < -0.4 is 5.73 Å². The molecule has 0 saturated heterocycles. The third-order valence-electron chi connectivity index (χ3n) is 3.66. The Kier molecular flexibility index (Phi) is 1.88. The van der Waals surface area contributed by atoms with Crippen molar-refractivity contribution in [3.63, 3.8) is 0 Å². The third kappa shape index (κ3) is 1.46. The summed E-state index contributed by atoms with van der Waals surface area (Å²) in [6, 6.07) is 0. The number of nitrogens with zero attached hydrogens (tertiary/aromatic N) is 2. The molecule has 0 atom stereocenters. The van der Waals surface area contributed by atoms with E-state index in [0.29, 0.717) is 0 Å². The van der Waals surface area contributed by atoms with Crippen molar-refractivity contribution in [2.24, 2.45) is 5.73 Å². The highest BCUT2D eigenvalue weighted by atomic mass is 15.1. The monoisotopic (exact) mass is 203 g/mol. The second-order valence-electron chi connectivity index (χ2n) is 4.97. The summed E-state index contributed by atoms with van der Waals surface area (Å²) in [6.07, 6.45) is 7.36. The summed E-state index contributed by atoms with van der Waals surface area (Å²) >= 11 is 0. The molecule has 0 bridgehead atoms. The molecule has 3 heteroatoms. The van der Waals surface area contributed by atoms with Crippen molar-refractivity contribution < 1.29 is 0 Å². The van der Waals surface area contributed by atoms with Crippen molar-refractivity contribution in [3.05, 3.63) is 29.1 Å². The first kappa shape index (κ1) is 9.31. The molecule has 0 spiro atoms. The molecule has 1 saturated carbocycles. The van der Waals surface area contributed by atoms with Crippen molar-refractivity contribution >= 4 is 0 Å². The number of hydrogen-bond donors (Lipinski definition) is 1. The highest BCUT2D eigenvalue weighted by Crippen LogP contribution is 2.44. The molecule has 2 aliphatic rings. The van der Waals surface area contributed by atoms with E-state index in [2.05, 4.69) is 16.9 Å². The number of likely N-dealkylation sites (N-methyl/N-ethyl adjacent to an activating group) is 1. The molecule has 0 amide bonds. The van der Waals surface area contributed by atoms with Crippen molar-refractivity contribution in [3.8, 4) is 0 Å². The number of rotatable bonds is 1. The van der Waals surface area contributed by atoms with E-state index in [0.717, 1.165) is 32.4 Å². The Hall–Kier alpha value is -0.930. The molecule has 0 aromatic carbocycles. The minimum absolute atomic E-state index is 0.0335. The lowest BCUT2D eigenvalue weighted by molar-refractivity contribution is 0.310. The van der Waals surface area contributed by atoms with E-state index in [1.54, 1.807) is 0 Å². The molecule has 1 fully saturated rings. The van der Waals surface area contributed by atoms with Crippen LogP contribution in [0.1, 0.15) is 29.5 Å². The van der Waals surface area contributed by atoms with Crippen LogP contribution in [0, 0.1) is 0 Å². The van der Waals surface area contributed by atoms with E-state index in [1.807, 2.05) is 12.4 Å². The van der Waals surface area contributed by atoms with Gasteiger partial charge in [0.25, 0.3) is 0 Å². The molecule has 0 radical (unpaired) electrons. The first-order chi connectivity index (χ1) is 7.19. The zero-order valence-electron chi connectivity index (χ0n) is 9.16. The minimum atomic E-state index is -0.0335. The predicted octanol–water partition coefficient (Wildman–Crippen LogP) is 1.02. The van der Waals surface area contributed by atoms with Crippen molar-refractivity contribution in [1.82, 2.24) is 9.88 Å². The normalized spacial score (nSPS) is 23.6. The second-order valence-corrected chi connectivity index (χ2v) is 4.97. The lowest BCUT2D eigenvalue weighted by Gasteiger charge is -2.27. The predicted molar refractivity (Wildman–Crippen MR) is 59.4 cm³/mol. The summed E-state index contributed by atoms with van der Waals surface area (Å²) in [5.41, 5.74) is 10.4. The van der Waals surface area contributed by atoms with Crippen LogP contribution in [0.25, 0.3) is 0 Å². The maximum absolute atomic E-state index is 6.27. The van der Waals surface area contributed by atoms with Crippen LogP contribution in [0.5, 0.6) is 0 Å². The molecule has 1 aromatic rings. The van der Waals surface area contributed by atoms with Crippen LogP contribution in [0.4, 0.5) is 0 Å². The van der Waals surface area contributed by atoms with Gasteiger partial charge in [0.1, 0.15) is 0 Å². The molecule has 3 nitrogen and oxygen atoms in total. The second kappa shape index (κ2) is 3.03. The van der Waals surface area contributed by atoms with E-state index in [4.69, 9.17) is 5.73 Å². The first-order valence-corrected chi connectivity index (χ1v) is 5.63. The van der Waals surface area contributed by atoms with Crippen molar-refractivity contribution in [2.75, 3.05) is 13.6 Å². The lowest BCUT2D eigenvalue weighted by Crippen LogP contribution is -2.30. The van der Waals surface area contributed by atoms with Crippen LogP contribution in [0.2, 0.25) is 0 Å². The SMILES string of the molecule is CN1CCc2c(cncc2C2(N)CC2)C1. The average Bonchev–Trinajstić information content (AvgIpc) is 2.96. The van der Waals surface area contributed by atoms with Crippen molar-refractivity contribution in [2.45, 2.75) is 31.3 Å². The topological polar surface area (TPSA) is 42.2 Å². The van der Waals surface area contributed by atoms with Gasteiger partial charge in [-0.3, -0.25) is 4.98 Å². The van der Waals surface area contributed by atoms with Crippen LogP contribution in [0.3, 0.4) is 0 Å². The summed E-state index contributed by atoms with van der Waals surface area (Å²) in [6.45, 7) is 2.16. The smallest absolute Gasteiger partial charge is 0.0429 e. The van der Waals surface area contributed by atoms with Gasteiger partial charge in [0.2, 0.25) is 0 Å². The van der Waals surface area contributed by atoms with Gasteiger partial charge in [-0.15, -0.1) is 0 Å². The fourth-order valence-corrected chi connectivity index (χ4v) is 2.47. The summed E-state index contributed by atoms with van der Waals surface area (Å²) < 4.78 is 0. The Morgan fingerprint density at radius 2 is 2.20 bits per heavy atom. The molecule has 2 heterocycles. The van der Waals surface area contributed by atoms with Crippen molar-refractivity contribution in [1.29, 1.82) is 0 Å². The number of hydrogen-bond acceptors (Lipinski definition) is 3. The zero-order valence-corrected chi connectivity index (χ0v) is 9.16. The van der Waals surface area contributed by atoms with E-state index < -0.39 is 0 Å². The van der Waals surface area contributed by atoms with Gasteiger partial charge in [0, 0.05) is 31.0 Å². The van der Waals surface area contributed by atoms with Gasteiger partial charge in [-0.2, -0.15) is 0 Å². The summed E-state index contributed by atoms with van der Waals surface area (Å²) in [4.78, 5) is 6.67. The number of aromatic nitrogens is 1. The van der Waals surface area contributed by atoms with Gasteiger partial charge in [0.05, 0.1) is 0 Å². The molecule has 2 N–H and O–H groups in total. The van der Waals surface area contributed by atoms with Gasteiger partial charge >= 0.3 is 0 Å². The first-order valence-electron chi connectivity index (χ1n) is 5.63. The van der Waals surface area contributed by atoms with Crippen LogP contribution in [-0.2, 0) is 18.5 Å². The Morgan fingerprint density at radius 1 is 1.40 bits per heavy atom. The van der Waals surface area contributed by atoms with Gasteiger partial charge in [-0.25, -0.2) is 0 Å². The minimum Gasteiger partial charge on any atom is -0.321 e. The molecular formula is C12H17N3. The molecule has 0 unspecified atom stereocenters. The lowest BCUT2D eigenvalue weighted by atomic mass is 9.92. The van der Waals surface area contributed by atoms with Crippen LogP contribution in [-0.4, -0.2) is 23.5 Å². The highest BCUT2D eigenvalue weighted by Gasteiger charge is 2.42. The largest absolute Gasteiger partial charge is 0.321 e. The number of pyridine rings is 1. The standard InChI is InChI=1S/C12H17N3/c1-15-5-2-10-9(8-15)6-14-7-11(10)12(13)3-4-12/h6-7H,2-5,8,13H2,1H3. The van der Waals surface area contributed by atoms with Gasteiger partial charge in [-0.05, 0) is 43.0 Å². The van der Waals surface area contributed by atoms with Crippen LogP contribution in [0.15, 0.2) is 12.4 Å². The quantitative estimate of drug-likeness (QED) is 0.741. The fraction of sp³-hybridized carbons (Fsp3) is 0.583. The summed E-state index contributed by atoms with van der Waals surface area (Å²) in [5, 5.41) is 0. The Morgan fingerprint density at radius 3 is 2.93 bits per heavy atom. The molecule has 1 aliphatic heterocycles. The fourth-order valence-electron chi connectivity index (χ4n) is 2.47. The molecule has 80 valence electrons. The maximum Gasteiger partial charge on any atom is 0.0429 e. The van der Waals surface area contributed by atoms with Gasteiger partial charge in [0.15, 0.2) is 0 Å². The van der Waals surface area contributed by atoms with E-state index in [1.165, 1.54) is 16.7 Å². The Bertz CT molecular complexity index is 396. The molecular weight excluding hydrogens is 186 g/mol. The van der Waals surface area contributed by atoms with Gasteiger partial charge in [-0.1, -0.05) is 0 Å². The Balaban J connectivity index is 2.06. The molecule has 1 aromatic heterocycles. The Labute approximate surface area is 90.3 Å². The zero-order chi connectivity index (χ0) is 10.5.